The molecule has 1 aliphatic rings. The Labute approximate surface area is 185 Å². The van der Waals surface area contributed by atoms with Crippen molar-refractivity contribution in [2.75, 3.05) is 25.3 Å². The van der Waals surface area contributed by atoms with E-state index in [2.05, 4.69) is 24.1 Å². The van der Waals surface area contributed by atoms with Crippen molar-refractivity contribution in [3.05, 3.63) is 30.4 Å². The second-order valence-corrected chi connectivity index (χ2v) is 10.3. The predicted octanol–water partition coefficient (Wildman–Crippen LogP) is 4.90. The monoisotopic (exact) mass is 448 g/mol. The Hall–Kier alpha value is -1.90. The van der Waals surface area contributed by atoms with Crippen molar-refractivity contribution in [1.29, 1.82) is 0 Å². The first kappa shape index (κ1) is 22.8. The largest absolute Gasteiger partial charge is 0.469 e. The number of methoxy groups -OCH3 is 2. The van der Waals surface area contributed by atoms with Crippen LogP contribution in [0.15, 0.2) is 34.7 Å². The molecular weight excluding hydrogens is 420 g/mol. The molecule has 2 unspecified atom stereocenters. The van der Waals surface area contributed by atoms with E-state index in [1.807, 2.05) is 30.4 Å². The molecule has 2 aromatic rings. The van der Waals surface area contributed by atoms with Gasteiger partial charge in [0.05, 0.1) is 34.8 Å². The number of hydrogen-bond donors (Lipinski definition) is 1. The number of benzene rings is 1. The van der Waals surface area contributed by atoms with Crippen LogP contribution in [-0.4, -0.2) is 42.4 Å². The predicted molar refractivity (Wildman–Crippen MR) is 122 cm³/mol. The first-order chi connectivity index (χ1) is 14.3. The van der Waals surface area contributed by atoms with Gasteiger partial charge in [0.15, 0.2) is 4.34 Å². The van der Waals surface area contributed by atoms with Crippen LogP contribution in [0.25, 0.3) is 10.2 Å². The lowest BCUT2D eigenvalue weighted by molar-refractivity contribution is -0.149. The zero-order valence-corrected chi connectivity index (χ0v) is 19.4. The number of thioether (sulfide) groups is 1. The van der Waals surface area contributed by atoms with Crippen LogP contribution in [0.5, 0.6) is 0 Å². The second-order valence-electron chi connectivity index (χ2n) is 7.89. The molecule has 0 saturated heterocycles. The van der Waals surface area contributed by atoms with Crippen LogP contribution in [-0.2, 0) is 19.1 Å². The highest BCUT2D eigenvalue weighted by Crippen LogP contribution is 2.33. The van der Waals surface area contributed by atoms with E-state index in [4.69, 9.17) is 9.47 Å². The zero-order chi connectivity index (χ0) is 21.7. The van der Waals surface area contributed by atoms with E-state index in [0.29, 0.717) is 18.5 Å². The highest BCUT2D eigenvalue weighted by Gasteiger charge is 2.34. The highest BCUT2D eigenvalue weighted by atomic mass is 32.2. The number of aromatic nitrogens is 1. The van der Waals surface area contributed by atoms with Gasteiger partial charge in [0.25, 0.3) is 0 Å². The number of anilines is 1. The minimum atomic E-state index is -0.438. The number of amides is 1. The Morgan fingerprint density at radius 3 is 2.67 bits per heavy atom. The lowest BCUT2D eigenvalue weighted by atomic mass is 9.82. The summed E-state index contributed by atoms with van der Waals surface area (Å²) in [5, 5.41) is 2.97. The van der Waals surface area contributed by atoms with Crippen LogP contribution >= 0.6 is 23.1 Å². The summed E-state index contributed by atoms with van der Waals surface area (Å²) in [6.07, 6.45) is 5.88. The van der Waals surface area contributed by atoms with E-state index in [-0.39, 0.29) is 17.5 Å². The minimum Gasteiger partial charge on any atom is -0.469 e. The van der Waals surface area contributed by atoms with E-state index in [0.717, 1.165) is 26.7 Å². The molecule has 0 aliphatic heterocycles. The zero-order valence-electron chi connectivity index (χ0n) is 17.8. The van der Waals surface area contributed by atoms with Gasteiger partial charge in [-0.05, 0) is 51.3 Å². The number of carbonyl (C=O) groups excluding carboxylic acids is 2. The average Bonchev–Trinajstić information content (AvgIpc) is 3.15. The second kappa shape index (κ2) is 9.94. The van der Waals surface area contributed by atoms with Gasteiger partial charge in [-0.1, -0.05) is 23.9 Å². The fourth-order valence-corrected chi connectivity index (χ4v) is 5.70. The molecule has 0 saturated carbocycles. The molecule has 0 fully saturated rings. The van der Waals surface area contributed by atoms with Gasteiger partial charge in [-0.15, -0.1) is 11.3 Å². The minimum absolute atomic E-state index is 0.141. The quantitative estimate of drug-likeness (QED) is 0.352. The molecule has 1 N–H and O–H groups in total. The van der Waals surface area contributed by atoms with Crippen LogP contribution in [0.2, 0.25) is 0 Å². The molecule has 30 heavy (non-hydrogen) atoms. The Bertz CT molecular complexity index is 938. The summed E-state index contributed by atoms with van der Waals surface area (Å²) in [5.74, 6) is -0.430. The van der Waals surface area contributed by atoms with E-state index < -0.39 is 11.8 Å². The first-order valence-electron chi connectivity index (χ1n) is 9.95. The summed E-state index contributed by atoms with van der Waals surface area (Å²) in [6.45, 7) is 4.15. The van der Waals surface area contributed by atoms with Crippen LogP contribution in [0.3, 0.4) is 0 Å². The lowest BCUT2D eigenvalue weighted by Crippen LogP contribution is -2.35. The first-order valence-corrected chi connectivity index (χ1v) is 11.8. The molecule has 1 heterocycles. The fourth-order valence-electron chi connectivity index (χ4n) is 3.28. The van der Waals surface area contributed by atoms with Gasteiger partial charge in [0, 0.05) is 18.6 Å². The molecule has 1 aromatic carbocycles. The van der Waals surface area contributed by atoms with Gasteiger partial charge in [-0.3, -0.25) is 9.59 Å². The van der Waals surface area contributed by atoms with Gasteiger partial charge in [0.1, 0.15) is 0 Å². The number of thiazole rings is 1. The fraction of sp³-hybridized carbons (Fsp3) is 0.500. The molecule has 0 bridgehead atoms. The van der Waals surface area contributed by atoms with Crippen molar-refractivity contribution in [2.45, 2.75) is 43.1 Å². The number of allylic oxidation sites excluding steroid dienone is 2. The summed E-state index contributed by atoms with van der Waals surface area (Å²) in [5.41, 5.74) is 1.49. The van der Waals surface area contributed by atoms with E-state index in [9.17, 15) is 9.59 Å². The number of rotatable bonds is 8. The van der Waals surface area contributed by atoms with Crippen LogP contribution in [0.1, 0.15) is 33.1 Å². The van der Waals surface area contributed by atoms with Gasteiger partial charge in [-0.2, -0.15) is 0 Å². The Morgan fingerprint density at radius 1 is 1.23 bits per heavy atom. The molecule has 0 radical (unpaired) electrons. The molecule has 8 heteroatoms. The van der Waals surface area contributed by atoms with E-state index >= 15 is 0 Å². The molecule has 1 aromatic heterocycles. The summed E-state index contributed by atoms with van der Waals surface area (Å²) >= 11 is 3.33. The normalized spacial score (nSPS) is 19.1. The van der Waals surface area contributed by atoms with Crippen molar-refractivity contribution < 1.29 is 19.1 Å². The maximum atomic E-state index is 12.8. The third-order valence-electron chi connectivity index (χ3n) is 5.39. The van der Waals surface area contributed by atoms with Crippen LogP contribution in [0, 0.1) is 11.8 Å². The maximum Gasteiger partial charge on any atom is 0.309 e. The third-order valence-corrected chi connectivity index (χ3v) is 7.55. The topological polar surface area (TPSA) is 77.5 Å². The number of hydrogen-bond acceptors (Lipinski definition) is 7. The SMILES string of the molecule is COC(=O)C1CC=CCC1C(=O)Nc1ccc2nc(SCCC(C)(C)OC)sc2c1. The molecule has 0 spiro atoms. The highest BCUT2D eigenvalue weighted by molar-refractivity contribution is 8.01. The molecule has 3 rings (SSSR count). The average molecular weight is 449 g/mol. The van der Waals surface area contributed by atoms with Gasteiger partial charge in [0.2, 0.25) is 5.91 Å². The Morgan fingerprint density at radius 2 is 1.97 bits per heavy atom. The third kappa shape index (κ3) is 5.62. The molecule has 162 valence electrons. The molecule has 1 amide bonds. The van der Waals surface area contributed by atoms with Crippen molar-refractivity contribution >= 4 is 50.9 Å². The Balaban J connectivity index is 1.66. The molecular formula is C22H28N2O4S2. The van der Waals surface area contributed by atoms with Crippen molar-refractivity contribution in [3.8, 4) is 0 Å². The summed E-state index contributed by atoms with van der Waals surface area (Å²) < 4.78 is 12.4. The molecule has 6 nitrogen and oxygen atoms in total. The number of ether oxygens (including phenoxy) is 2. The van der Waals surface area contributed by atoms with Crippen molar-refractivity contribution in [2.24, 2.45) is 11.8 Å². The molecule has 2 atom stereocenters. The maximum absolute atomic E-state index is 12.8. The lowest BCUT2D eigenvalue weighted by Gasteiger charge is -2.25. The van der Waals surface area contributed by atoms with E-state index in [1.165, 1.54) is 7.11 Å². The van der Waals surface area contributed by atoms with Gasteiger partial charge < -0.3 is 14.8 Å². The van der Waals surface area contributed by atoms with Crippen LogP contribution < -0.4 is 5.32 Å². The van der Waals surface area contributed by atoms with Gasteiger partial charge >= 0.3 is 5.97 Å². The number of fused-ring (bicyclic) bond motifs is 1. The standard InChI is InChI=1S/C22H28N2O4S2/c1-22(2,28-4)11-12-29-21-24-17-10-9-14(13-18(17)30-21)23-19(25)15-7-5-6-8-16(15)20(26)27-3/h5-6,9-10,13,15-16H,7-8,11-12H2,1-4H3,(H,23,25). The number of nitrogens with zero attached hydrogens (tertiary/aromatic N) is 1. The summed E-state index contributed by atoms with van der Waals surface area (Å²) in [6, 6.07) is 5.72. The van der Waals surface area contributed by atoms with Crippen molar-refractivity contribution in [3.63, 3.8) is 0 Å². The Kier molecular flexibility index (Phi) is 7.55. The van der Waals surface area contributed by atoms with Gasteiger partial charge in [-0.25, -0.2) is 4.98 Å². The van der Waals surface area contributed by atoms with E-state index in [1.54, 1.807) is 30.2 Å². The van der Waals surface area contributed by atoms with Crippen LogP contribution in [0.4, 0.5) is 5.69 Å². The van der Waals surface area contributed by atoms with Crippen molar-refractivity contribution in [1.82, 2.24) is 4.98 Å². The summed E-state index contributed by atoms with van der Waals surface area (Å²) in [4.78, 5) is 29.5. The summed E-state index contributed by atoms with van der Waals surface area (Å²) in [7, 11) is 3.09. The number of esters is 1. The number of carbonyl (C=O) groups is 2. The smallest absolute Gasteiger partial charge is 0.309 e. The molecule has 1 aliphatic carbocycles. The number of nitrogens with one attached hydrogen (secondary N) is 1.